The molecule has 4 aromatic rings. The maximum absolute atomic E-state index is 12.7. The van der Waals surface area contributed by atoms with Crippen molar-refractivity contribution in [3.05, 3.63) is 83.1 Å². The van der Waals surface area contributed by atoms with E-state index >= 15 is 0 Å². The molecule has 0 aliphatic heterocycles. The number of carbonyl (C=O) groups excluding carboxylic acids is 1. The van der Waals surface area contributed by atoms with E-state index < -0.39 is 6.10 Å². The number of hydrogen-bond acceptors (Lipinski definition) is 3. The van der Waals surface area contributed by atoms with Crippen LogP contribution >= 0.6 is 23.2 Å². The number of pyridine rings is 1. The Kier molecular flexibility index (Phi) is 5.43. The molecule has 2 aromatic heterocycles. The molecule has 0 bridgehead atoms. The average Bonchev–Trinajstić information content (AvgIpc) is 3.14. The summed E-state index contributed by atoms with van der Waals surface area (Å²) in [5.41, 5.74) is 3.07. The number of para-hydroxylation sites is 1. The van der Waals surface area contributed by atoms with Crippen molar-refractivity contribution in [3.8, 4) is 17.0 Å². The summed E-state index contributed by atoms with van der Waals surface area (Å²) < 4.78 is 7.64. The first kappa shape index (κ1) is 19.3. The van der Waals surface area contributed by atoms with Crippen molar-refractivity contribution in [1.29, 1.82) is 0 Å². The van der Waals surface area contributed by atoms with E-state index in [9.17, 15) is 4.79 Å². The van der Waals surface area contributed by atoms with E-state index in [0.717, 1.165) is 16.9 Å². The summed E-state index contributed by atoms with van der Waals surface area (Å²) in [6, 6.07) is 18.2. The predicted molar refractivity (Wildman–Crippen MR) is 116 cm³/mol. The molecule has 0 saturated carbocycles. The third-order valence-corrected chi connectivity index (χ3v) is 4.92. The lowest BCUT2D eigenvalue weighted by molar-refractivity contribution is -0.122. The van der Waals surface area contributed by atoms with E-state index in [4.69, 9.17) is 27.9 Å². The van der Waals surface area contributed by atoms with Gasteiger partial charge in [0.05, 0.1) is 16.4 Å². The molecule has 0 fully saturated rings. The van der Waals surface area contributed by atoms with E-state index in [2.05, 4.69) is 10.3 Å². The number of halogens is 2. The molecule has 0 radical (unpaired) electrons. The zero-order chi connectivity index (χ0) is 20.4. The van der Waals surface area contributed by atoms with Crippen molar-refractivity contribution in [2.45, 2.75) is 13.0 Å². The monoisotopic (exact) mass is 425 g/mol. The van der Waals surface area contributed by atoms with Crippen LogP contribution in [-0.4, -0.2) is 21.4 Å². The number of rotatable bonds is 5. The Morgan fingerprint density at radius 3 is 2.69 bits per heavy atom. The number of fused-ring (bicyclic) bond motifs is 1. The fourth-order valence-electron chi connectivity index (χ4n) is 2.93. The van der Waals surface area contributed by atoms with Gasteiger partial charge in [0.1, 0.15) is 11.4 Å². The van der Waals surface area contributed by atoms with Gasteiger partial charge in [0.25, 0.3) is 5.91 Å². The van der Waals surface area contributed by atoms with Crippen LogP contribution in [0.2, 0.25) is 10.0 Å². The fraction of sp³-hybridized carbons (Fsp3) is 0.0909. The van der Waals surface area contributed by atoms with Crippen LogP contribution in [0.4, 0.5) is 5.69 Å². The Balaban J connectivity index is 1.55. The fourth-order valence-corrected chi connectivity index (χ4v) is 3.38. The van der Waals surface area contributed by atoms with Gasteiger partial charge < -0.3 is 14.5 Å². The molecule has 4 rings (SSSR count). The molecule has 2 heterocycles. The number of ether oxygens (including phenoxy) is 1. The molecule has 1 N–H and O–H groups in total. The second-order valence-corrected chi connectivity index (χ2v) is 7.31. The van der Waals surface area contributed by atoms with Crippen LogP contribution in [0.1, 0.15) is 6.92 Å². The Hall–Kier alpha value is -3.02. The van der Waals surface area contributed by atoms with Crippen LogP contribution in [-0.2, 0) is 4.79 Å². The molecule has 0 spiro atoms. The zero-order valence-electron chi connectivity index (χ0n) is 15.5. The molecule has 1 amide bonds. The van der Waals surface area contributed by atoms with Crippen molar-refractivity contribution in [2.24, 2.45) is 0 Å². The molecule has 1 atom stereocenters. The van der Waals surface area contributed by atoms with Gasteiger partial charge >= 0.3 is 0 Å². The van der Waals surface area contributed by atoms with Crippen LogP contribution in [0.15, 0.2) is 73.1 Å². The highest BCUT2D eigenvalue weighted by Crippen LogP contribution is 2.30. The minimum atomic E-state index is -0.761. The summed E-state index contributed by atoms with van der Waals surface area (Å²) in [6.07, 6.45) is 3.09. The number of amides is 1. The summed E-state index contributed by atoms with van der Waals surface area (Å²) in [5, 5.41) is 3.77. The maximum Gasteiger partial charge on any atom is 0.265 e. The summed E-state index contributed by atoms with van der Waals surface area (Å²) in [4.78, 5) is 17.4. The van der Waals surface area contributed by atoms with E-state index in [1.165, 1.54) is 0 Å². The quantitative estimate of drug-likeness (QED) is 0.445. The third-order valence-electron chi connectivity index (χ3n) is 4.39. The molecule has 0 aliphatic carbocycles. The highest BCUT2D eigenvalue weighted by molar-refractivity contribution is 6.35. The molecule has 146 valence electrons. The van der Waals surface area contributed by atoms with Crippen LogP contribution in [0.25, 0.3) is 16.9 Å². The third kappa shape index (κ3) is 4.21. The Bertz CT molecular complexity index is 1160. The standard InChI is InChI=1S/C22H17Cl2N3O2/c1-14(29-20-10-9-15(23)12-17(20)24)22(28)26-18-7-3-2-6-16(18)19-13-27-11-5-4-8-21(27)25-19/h2-14H,1H3,(H,26,28). The number of nitrogens with zero attached hydrogens (tertiary/aromatic N) is 2. The number of nitrogens with one attached hydrogen (secondary N) is 1. The van der Waals surface area contributed by atoms with Crippen LogP contribution in [0, 0.1) is 0 Å². The Labute approximate surface area is 177 Å². The molecule has 29 heavy (non-hydrogen) atoms. The molecule has 7 heteroatoms. The SMILES string of the molecule is CC(Oc1ccc(Cl)cc1Cl)C(=O)Nc1ccccc1-c1cn2ccccc2n1. The van der Waals surface area contributed by atoms with Gasteiger partial charge in [0, 0.05) is 23.0 Å². The normalized spacial score (nSPS) is 12.0. The Morgan fingerprint density at radius 1 is 1.10 bits per heavy atom. The lowest BCUT2D eigenvalue weighted by atomic mass is 10.1. The van der Waals surface area contributed by atoms with Crippen LogP contribution in [0.5, 0.6) is 5.75 Å². The van der Waals surface area contributed by atoms with Gasteiger partial charge in [-0.15, -0.1) is 0 Å². The van der Waals surface area contributed by atoms with Crippen molar-refractivity contribution < 1.29 is 9.53 Å². The van der Waals surface area contributed by atoms with Gasteiger partial charge in [-0.25, -0.2) is 4.98 Å². The molecule has 2 aromatic carbocycles. The Morgan fingerprint density at radius 2 is 1.90 bits per heavy atom. The van der Waals surface area contributed by atoms with Crippen molar-refractivity contribution >= 4 is 40.4 Å². The first-order valence-electron chi connectivity index (χ1n) is 8.97. The smallest absolute Gasteiger partial charge is 0.265 e. The number of imidazole rings is 1. The average molecular weight is 426 g/mol. The van der Waals surface area contributed by atoms with Crippen LogP contribution < -0.4 is 10.1 Å². The highest BCUT2D eigenvalue weighted by atomic mass is 35.5. The minimum absolute atomic E-state index is 0.299. The molecular weight excluding hydrogens is 409 g/mol. The minimum Gasteiger partial charge on any atom is -0.479 e. The number of aromatic nitrogens is 2. The molecule has 5 nitrogen and oxygen atoms in total. The lowest BCUT2D eigenvalue weighted by Crippen LogP contribution is -2.30. The highest BCUT2D eigenvalue weighted by Gasteiger charge is 2.18. The number of carbonyl (C=O) groups is 1. The zero-order valence-corrected chi connectivity index (χ0v) is 17.0. The van der Waals surface area contributed by atoms with E-state index in [1.807, 2.05) is 59.3 Å². The summed E-state index contributed by atoms with van der Waals surface area (Å²) in [5.74, 6) is 0.0968. The molecular formula is C22H17Cl2N3O2. The predicted octanol–water partition coefficient (Wildman–Crippen LogP) is 5.71. The summed E-state index contributed by atoms with van der Waals surface area (Å²) in [7, 11) is 0. The van der Waals surface area contributed by atoms with Crippen molar-refractivity contribution in [2.75, 3.05) is 5.32 Å². The second-order valence-electron chi connectivity index (χ2n) is 6.46. The molecule has 0 aliphatic rings. The van der Waals surface area contributed by atoms with Gasteiger partial charge in [-0.05, 0) is 43.3 Å². The van der Waals surface area contributed by atoms with E-state index in [-0.39, 0.29) is 5.91 Å². The van der Waals surface area contributed by atoms with Crippen molar-refractivity contribution in [1.82, 2.24) is 9.38 Å². The lowest BCUT2D eigenvalue weighted by Gasteiger charge is -2.17. The van der Waals surface area contributed by atoms with Gasteiger partial charge in [0.15, 0.2) is 6.10 Å². The second kappa shape index (κ2) is 8.15. The number of anilines is 1. The van der Waals surface area contributed by atoms with Gasteiger partial charge in [-0.3, -0.25) is 4.79 Å². The maximum atomic E-state index is 12.7. The first-order valence-corrected chi connectivity index (χ1v) is 9.72. The first-order chi connectivity index (χ1) is 14.0. The number of benzene rings is 2. The summed E-state index contributed by atoms with van der Waals surface area (Å²) >= 11 is 12.0. The van der Waals surface area contributed by atoms with Gasteiger partial charge in [-0.2, -0.15) is 0 Å². The van der Waals surface area contributed by atoms with Crippen LogP contribution in [0.3, 0.4) is 0 Å². The van der Waals surface area contributed by atoms with Crippen molar-refractivity contribution in [3.63, 3.8) is 0 Å². The molecule has 0 saturated heterocycles. The van der Waals surface area contributed by atoms with Gasteiger partial charge in [-0.1, -0.05) is 47.5 Å². The summed E-state index contributed by atoms with van der Waals surface area (Å²) in [6.45, 7) is 1.66. The van der Waals surface area contributed by atoms with Gasteiger partial charge in [0.2, 0.25) is 0 Å². The topological polar surface area (TPSA) is 55.6 Å². The largest absolute Gasteiger partial charge is 0.479 e. The van der Waals surface area contributed by atoms with E-state index in [0.29, 0.717) is 21.5 Å². The van der Waals surface area contributed by atoms with E-state index in [1.54, 1.807) is 25.1 Å². The molecule has 1 unspecified atom stereocenters. The number of hydrogen-bond donors (Lipinski definition) is 1.